The van der Waals surface area contributed by atoms with Gasteiger partial charge in [0.1, 0.15) is 23.5 Å². The highest BCUT2D eigenvalue weighted by molar-refractivity contribution is 6.01. The van der Waals surface area contributed by atoms with Gasteiger partial charge in [0, 0.05) is 23.4 Å². The molecule has 4 amide bonds. The van der Waals surface area contributed by atoms with Crippen molar-refractivity contribution in [3.63, 3.8) is 0 Å². The maximum absolute atomic E-state index is 13.4. The van der Waals surface area contributed by atoms with E-state index >= 15 is 0 Å². The number of carbonyl (C=O) groups excluding carboxylic acids is 4. The van der Waals surface area contributed by atoms with Gasteiger partial charge in [0.05, 0.1) is 7.11 Å². The highest BCUT2D eigenvalue weighted by Gasteiger charge is 2.33. The lowest BCUT2D eigenvalue weighted by Crippen LogP contribution is -2.54. The molecule has 1 saturated heterocycles. The summed E-state index contributed by atoms with van der Waals surface area (Å²) in [5.41, 5.74) is 6.62. The van der Waals surface area contributed by atoms with Crippen molar-refractivity contribution in [2.24, 2.45) is 17.6 Å². The van der Waals surface area contributed by atoms with Crippen LogP contribution in [0.2, 0.25) is 0 Å². The number of aromatic nitrogens is 1. The highest BCUT2D eigenvalue weighted by Crippen LogP contribution is 2.29. The van der Waals surface area contributed by atoms with E-state index in [9.17, 15) is 19.2 Å². The summed E-state index contributed by atoms with van der Waals surface area (Å²) >= 11 is 0. The predicted molar refractivity (Wildman–Crippen MR) is 134 cm³/mol. The molecule has 1 saturated carbocycles. The summed E-state index contributed by atoms with van der Waals surface area (Å²) in [5.74, 6) is -1.18. The number of aromatic amines is 1. The normalized spacial score (nSPS) is 19.9. The van der Waals surface area contributed by atoms with Crippen molar-refractivity contribution < 1.29 is 23.9 Å². The number of benzene rings is 1. The number of nitrogens with one attached hydrogen (secondary N) is 4. The number of fused-ring (bicyclic) bond motifs is 1. The van der Waals surface area contributed by atoms with Crippen molar-refractivity contribution >= 4 is 34.5 Å². The molecule has 2 aliphatic rings. The average molecular weight is 498 g/mol. The zero-order chi connectivity index (χ0) is 25.7. The van der Waals surface area contributed by atoms with Crippen LogP contribution in [0, 0.1) is 11.8 Å². The van der Waals surface area contributed by atoms with Gasteiger partial charge in [-0.15, -0.1) is 0 Å². The molecule has 194 valence electrons. The molecule has 3 atom stereocenters. The Kier molecular flexibility index (Phi) is 8.12. The Labute approximate surface area is 210 Å². The first-order chi connectivity index (χ1) is 17.4. The Morgan fingerprint density at radius 3 is 2.53 bits per heavy atom. The number of amides is 4. The van der Waals surface area contributed by atoms with E-state index in [1.165, 1.54) is 6.42 Å². The van der Waals surface area contributed by atoms with E-state index in [1.54, 1.807) is 13.2 Å². The van der Waals surface area contributed by atoms with Gasteiger partial charge < -0.3 is 31.4 Å². The molecule has 1 aromatic heterocycles. The lowest BCUT2D eigenvalue weighted by Gasteiger charge is -2.28. The summed E-state index contributed by atoms with van der Waals surface area (Å²) in [6, 6.07) is 5.35. The zero-order valence-electron chi connectivity index (χ0n) is 20.6. The molecule has 1 aliphatic heterocycles. The number of primary amides is 1. The van der Waals surface area contributed by atoms with Gasteiger partial charge in [-0.3, -0.25) is 19.2 Å². The first-order valence-corrected chi connectivity index (χ1v) is 12.7. The number of hydrogen-bond donors (Lipinski definition) is 5. The van der Waals surface area contributed by atoms with Crippen molar-refractivity contribution in [1.82, 2.24) is 20.9 Å². The lowest BCUT2D eigenvalue weighted by atomic mass is 9.84. The maximum atomic E-state index is 13.4. The monoisotopic (exact) mass is 497 g/mol. The minimum Gasteiger partial charge on any atom is -0.496 e. The van der Waals surface area contributed by atoms with Crippen molar-refractivity contribution in [3.05, 3.63) is 30.0 Å². The Balaban J connectivity index is 1.50. The van der Waals surface area contributed by atoms with E-state index < -0.39 is 29.8 Å². The number of methoxy groups -OCH3 is 1. The molecule has 0 spiro atoms. The van der Waals surface area contributed by atoms with E-state index in [0.29, 0.717) is 36.7 Å². The minimum atomic E-state index is -0.991. The largest absolute Gasteiger partial charge is 0.496 e. The van der Waals surface area contributed by atoms with Gasteiger partial charge in [-0.2, -0.15) is 0 Å². The molecule has 36 heavy (non-hydrogen) atoms. The molecule has 1 aromatic carbocycles. The second-order valence-corrected chi connectivity index (χ2v) is 9.85. The molecule has 2 heterocycles. The Bertz CT molecular complexity index is 1120. The number of carbonyl (C=O) groups is 4. The molecule has 0 unspecified atom stereocenters. The minimum absolute atomic E-state index is 0.138. The van der Waals surface area contributed by atoms with Crippen LogP contribution in [0.15, 0.2) is 24.3 Å². The van der Waals surface area contributed by atoms with E-state index in [4.69, 9.17) is 10.5 Å². The smallest absolute Gasteiger partial charge is 0.268 e. The number of ether oxygens (including phenoxy) is 1. The van der Waals surface area contributed by atoms with Gasteiger partial charge >= 0.3 is 0 Å². The van der Waals surface area contributed by atoms with Crippen molar-refractivity contribution in [2.75, 3.05) is 13.7 Å². The molecule has 2 aromatic rings. The third-order valence-electron chi connectivity index (χ3n) is 7.35. The van der Waals surface area contributed by atoms with Crippen LogP contribution < -0.4 is 26.4 Å². The van der Waals surface area contributed by atoms with Crippen LogP contribution in [-0.4, -0.2) is 54.4 Å². The first kappa shape index (κ1) is 25.5. The molecule has 0 radical (unpaired) electrons. The second-order valence-electron chi connectivity index (χ2n) is 9.85. The fourth-order valence-electron chi connectivity index (χ4n) is 5.32. The maximum Gasteiger partial charge on any atom is 0.268 e. The number of rotatable bonds is 10. The van der Waals surface area contributed by atoms with Crippen LogP contribution in [-0.2, 0) is 14.4 Å². The third-order valence-corrected chi connectivity index (χ3v) is 7.35. The summed E-state index contributed by atoms with van der Waals surface area (Å²) in [7, 11) is 1.57. The molecule has 4 rings (SSSR count). The zero-order valence-corrected chi connectivity index (χ0v) is 20.6. The van der Waals surface area contributed by atoms with Crippen LogP contribution in [0.25, 0.3) is 10.9 Å². The van der Waals surface area contributed by atoms with Crippen LogP contribution in [0.4, 0.5) is 0 Å². The van der Waals surface area contributed by atoms with E-state index in [2.05, 4.69) is 20.9 Å². The molecule has 1 aliphatic carbocycles. The Morgan fingerprint density at radius 2 is 1.86 bits per heavy atom. The van der Waals surface area contributed by atoms with Crippen molar-refractivity contribution in [1.29, 1.82) is 0 Å². The summed E-state index contributed by atoms with van der Waals surface area (Å²) in [6.45, 7) is 0.540. The number of hydrogen-bond acceptors (Lipinski definition) is 5. The Morgan fingerprint density at radius 1 is 1.08 bits per heavy atom. The molecule has 2 fully saturated rings. The highest BCUT2D eigenvalue weighted by atomic mass is 16.5. The fourth-order valence-corrected chi connectivity index (χ4v) is 5.32. The van der Waals surface area contributed by atoms with Gasteiger partial charge in [-0.1, -0.05) is 38.2 Å². The first-order valence-electron chi connectivity index (χ1n) is 12.7. The van der Waals surface area contributed by atoms with Crippen molar-refractivity contribution in [3.8, 4) is 5.75 Å². The van der Waals surface area contributed by atoms with E-state index in [0.717, 1.165) is 36.6 Å². The topological polar surface area (TPSA) is 155 Å². The van der Waals surface area contributed by atoms with Gasteiger partial charge in [0.2, 0.25) is 17.7 Å². The molecular formula is C26H35N5O5. The van der Waals surface area contributed by atoms with E-state index in [-0.39, 0.29) is 18.2 Å². The van der Waals surface area contributed by atoms with Gasteiger partial charge in [0.25, 0.3) is 5.91 Å². The molecular weight excluding hydrogens is 462 g/mol. The average Bonchev–Trinajstić information content (AvgIpc) is 3.49. The molecule has 6 N–H and O–H groups in total. The van der Waals surface area contributed by atoms with Crippen LogP contribution in [0.3, 0.4) is 0 Å². The summed E-state index contributed by atoms with van der Waals surface area (Å²) in [5, 5.41) is 9.09. The van der Waals surface area contributed by atoms with Gasteiger partial charge in [-0.05, 0) is 43.4 Å². The summed E-state index contributed by atoms with van der Waals surface area (Å²) < 4.78 is 5.38. The molecule has 0 bridgehead atoms. The van der Waals surface area contributed by atoms with Crippen molar-refractivity contribution in [2.45, 2.75) is 63.5 Å². The SMILES string of the molecule is COc1cccc2[nH]c(C(=O)N[C@@H](CC3CCCCC3)C(=O)N[C@@H](C[C@@H]3CCNC3=O)C(N)=O)cc12. The molecule has 10 nitrogen and oxygen atoms in total. The lowest BCUT2D eigenvalue weighted by molar-refractivity contribution is -0.130. The fraction of sp³-hybridized carbons (Fsp3) is 0.538. The van der Waals surface area contributed by atoms with Crippen LogP contribution >= 0.6 is 0 Å². The molecule has 10 heteroatoms. The van der Waals surface area contributed by atoms with Crippen LogP contribution in [0.1, 0.15) is 61.9 Å². The standard InChI is InChI=1S/C26H35N5O5/c1-36-22-9-5-8-18-17(22)14-21(29-18)26(35)31-20(12-15-6-3-2-4-7-15)25(34)30-19(23(27)32)13-16-10-11-28-24(16)33/h5,8-9,14-16,19-20,29H,2-4,6-7,10-13H2,1H3,(H2,27,32)(H,28,33)(H,30,34)(H,31,35)/t16-,19-,20-/m0/s1. The third kappa shape index (κ3) is 5.98. The number of nitrogens with two attached hydrogens (primary N) is 1. The second kappa shape index (κ2) is 11.5. The summed E-state index contributed by atoms with van der Waals surface area (Å²) in [4.78, 5) is 53.8. The van der Waals surface area contributed by atoms with Gasteiger partial charge in [-0.25, -0.2) is 0 Å². The summed E-state index contributed by atoms with van der Waals surface area (Å²) in [6.07, 6.45) is 6.53. The predicted octanol–water partition coefficient (Wildman–Crippen LogP) is 1.74. The van der Waals surface area contributed by atoms with E-state index in [1.807, 2.05) is 18.2 Å². The van der Waals surface area contributed by atoms with Gasteiger partial charge in [0.15, 0.2) is 0 Å². The Hall–Kier alpha value is -3.56. The van der Waals surface area contributed by atoms with Crippen LogP contribution in [0.5, 0.6) is 5.75 Å². The number of H-pyrrole nitrogens is 1. The quantitative estimate of drug-likeness (QED) is 0.338.